The number of methoxy groups -OCH3 is 2. The second-order valence-corrected chi connectivity index (χ2v) is 5.65. The summed E-state index contributed by atoms with van der Waals surface area (Å²) in [5.74, 6) is 1.86. The summed E-state index contributed by atoms with van der Waals surface area (Å²) < 4.78 is 11.1. The molecule has 0 aromatic heterocycles. The first-order valence-electron chi connectivity index (χ1n) is 8.04. The molecule has 0 aliphatic rings. The average molecular weight is 317 g/mol. The minimum Gasteiger partial charge on any atom is -0.496 e. The molecule has 0 bridgehead atoms. The van der Waals surface area contributed by atoms with Crippen molar-refractivity contribution in [1.29, 1.82) is 0 Å². The van der Waals surface area contributed by atoms with Crippen molar-refractivity contribution in [2.45, 2.75) is 12.3 Å². The first-order valence-corrected chi connectivity index (χ1v) is 8.04. The molecule has 1 radical (unpaired) electrons. The van der Waals surface area contributed by atoms with Gasteiger partial charge in [0, 0.05) is 11.5 Å². The molecule has 0 aliphatic carbocycles. The highest BCUT2D eigenvalue weighted by atomic mass is 16.5. The van der Waals surface area contributed by atoms with E-state index in [1.165, 1.54) is 11.1 Å². The Morgan fingerprint density at radius 2 is 1.21 bits per heavy atom. The van der Waals surface area contributed by atoms with Crippen LogP contribution in [0.5, 0.6) is 11.5 Å². The molecule has 0 heterocycles. The molecule has 121 valence electrons. The Morgan fingerprint density at radius 1 is 0.750 bits per heavy atom. The van der Waals surface area contributed by atoms with Gasteiger partial charge in [0.2, 0.25) is 0 Å². The zero-order chi connectivity index (χ0) is 16.8. The second kappa shape index (κ2) is 7.69. The number of hydrogen-bond donors (Lipinski definition) is 0. The van der Waals surface area contributed by atoms with Gasteiger partial charge in [-0.05, 0) is 35.7 Å². The predicted octanol–water partition coefficient (Wildman–Crippen LogP) is 4.88. The first-order chi connectivity index (χ1) is 11.8. The van der Waals surface area contributed by atoms with E-state index in [-0.39, 0.29) is 5.92 Å². The Bertz CT molecular complexity index is 705. The molecule has 2 nitrogen and oxygen atoms in total. The number of rotatable bonds is 6. The van der Waals surface area contributed by atoms with Crippen LogP contribution in [0, 0.1) is 6.07 Å². The van der Waals surface area contributed by atoms with Crippen molar-refractivity contribution in [3.8, 4) is 11.5 Å². The predicted molar refractivity (Wildman–Crippen MR) is 96.8 cm³/mol. The molecule has 0 unspecified atom stereocenters. The van der Waals surface area contributed by atoms with Crippen LogP contribution in [0.15, 0.2) is 72.8 Å². The lowest BCUT2D eigenvalue weighted by molar-refractivity contribution is 0.384. The highest BCUT2D eigenvalue weighted by Gasteiger charge is 2.19. The van der Waals surface area contributed by atoms with Gasteiger partial charge in [-0.1, -0.05) is 60.7 Å². The molecule has 3 rings (SSSR count). The number of hydrogen-bond acceptors (Lipinski definition) is 2. The van der Waals surface area contributed by atoms with E-state index in [1.54, 1.807) is 14.2 Å². The van der Waals surface area contributed by atoms with E-state index < -0.39 is 0 Å². The van der Waals surface area contributed by atoms with Gasteiger partial charge in [-0.2, -0.15) is 0 Å². The Balaban J connectivity index is 2.06. The summed E-state index contributed by atoms with van der Waals surface area (Å²) in [6.45, 7) is 0. The van der Waals surface area contributed by atoms with Gasteiger partial charge in [0.1, 0.15) is 11.5 Å². The second-order valence-electron chi connectivity index (χ2n) is 5.65. The molecule has 2 heteroatoms. The van der Waals surface area contributed by atoms with Crippen molar-refractivity contribution in [2.24, 2.45) is 0 Å². The van der Waals surface area contributed by atoms with Gasteiger partial charge in [0.05, 0.1) is 14.2 Å². The lowest BCUT2D eigenvalue weighted by Crippen LogP contribution is -2.07. The Morgan fingerprint density at radius 3 is 1.62 bits per heavy atom. The molecular formula is C22H21O2. The van der Waals surface area contributed by atoms with Crippen molar-refractivity contribution in [3.63, 3.8) is 0 Å². The van der Waals surface area contributed by atoms with Crippen LogP contribution in [-0.2, 0) is 6.42 Å². The Labute approximate surface area is 143 Å². The third kappa shape index (κ3) is 3.43. The van der Waals surface area contributed by atoms with Crippen LogP contribution in [-0.4, -0.2) is 14.2 Å². The quantitative estimate of drug-likeness (QED) is 0.645. The fourth-order valence-electron chi connectivity index (χ4n) is 3.06. The summed E-state index contributed by atoms with van der Waals surface area (Å²) in [4.78, 5) is 0. The van der Waals surface area contributed by atoms with Crippen LogP contribution in [0.2, 0.25) is 0 Å². The van der Waals surface area contributed by atoms with Gasteiger partial charge >= 0.3 is 0 Å². The van der Waals surface area contributed by atoms with Crippen molar-refractivity contribution in [3.05, 3.63) is 95.6 Å². The summed E-state index contributed by atoms with van der Waals surface area (Å²) in [6, 6.07) is 27.9. The summed E-state index contributed by atoms with van der Waals surface area (Å²) in [5.41, 5.74) is 3.62. The van der Waals surface area contributed by atoms with Crippen molar-refractivity contribution >= 4 is 0 Å². The SMILES string of the molecule is COc1c[c]cc(OC)c1CC(c1ccccc1)c1ccccc1. The maximum atomic E-state index is 5.55. The fraction of sp³-hybridized carbons (Fsp3) is 0.182. The Hall–Kier alpha value is -2.74. The summed E-state index contributed by atoms with van der Waals surface area (Å²) in [6.07, 6.45) is 0.801. The van der Waals surface area contributed by atoms with Crippen molar-refractivity contribution in [2.75, 3.05) is 14.2 Å². The fourth-order valence-corrected chi connectivity index (χ4v) is 3.06. The highest BCUT2D eigenvalue weighted by molar-refractivity contribution is 5.47. The van der Waals surface area contributed by atoms with Crippen LogP contribution in [0.4, 0.5) is 0 Å². The number of ether oxygens (including phenoxy) is 2. The topological polar surface area (TPSA) is 18.5 Å². The molecular weight excluding hydrogens is 296 g/mol. The minimum absolute atomic E-state index is 0.234. The molecule has 0 aliphatic heterocycles. The van der Waals surface area contributed by atoms with Crippen LogP contribution in [0.1, 0.15) is 22.6 Å². The van der Waals surface area contributed by atoms with Gasteiger partial charge in [0.15, 0.2) is 0 Å². The third-order valence-corrected chi connectivity index (χ3v) is 4.28. The third-order valence-electron chi connectivity index (χ3n) is 4.28. The molecule has 0 fully saturated rings. The molecule has 24 heavy (non-hydrogen) atoms. The molecule has 0 amide bonds. The molecule has 0 atom stereocenters. The van der Waals surface area contributed by atoms with Crippen molar-refractivity contribution in [1.82, 2.24) is 0 Å². The van der Waals surface area contributed by atoms with E-state index in [2.05, 4.69) is 54.6 Å². The van der Waals surface area contributed by atoms with Gasteiger partial charge in [-0.15, -0.1) is 0 Å². The van der Waals surface area contributed by atoms with E-state index in [4.69, 9.17) is 9.47 Å². The minimum atomic E-state index is 0.234. The van der Waals surface area contributed by atoms with Crippen molar-refractivity contribution < 1.29 is 9.47 Å². The smallest absolute Gasteiger partial charge is 0.126 e. The largest absolute Gasteiger partial charge is 0.496 e. The first kappa shape index (κ1) is 16.1. The monoisotopic (exact) mass is 317 g/mol. The molecule has 0 saturated heterocycles. The van der Waals surface area contributed by atoms with Crippen LogP contribution < -0.4 is 9.47 Å². The molecule has 3 aromatic rings. The van der Waals surface area contributed by atoms with E-state index in [1.807, 2.05) is 24.3 Å². The van der Waals surface area contributed by atoms with E-state index in [0.717, 1.165) is 23.5 Å². The summed E-state index contributed by atoms with van der Waals surface area (Å²) >= 11 is 0. The standard InChI is InChI=1S/C22H21O2/c1-23-21-14-9-15-22(24-2)20(21)16-19(17-10-5-3-6-11-17)18-12-7-4-8-13-18/h3-8,10-15,19H,16H2,1-2H3. The lowest BCUT2D eigenvalue weighted by Gasteiger charge is -2.21. The normalized spacial score (nSPS) is 10.6. The van der Waals surface area contributed by atoms with Crippen LogP contribution in [0.3, 0.4) is 0 Å². The zero-order valence-corrected chi connectivity index (χ0v) is 14.0. The van der Waals surface area contributed by atoms with E-state index >= 15 is 0 Å². The molecule has 0 N–H and O–H groups in total. The molecule has 0 saturated carbocycles. The highest BCUT2D eigenvalue weighted by Crippen LogP contribution is 2.36. The summed E-state index contributed by atoms with van der Waals surface area (Å²) in [5, 5.41) is 0. The van der Waals surface area contributed by atoms with Crippen LogP contribution >= 0.6 is 0 Å². The lowest BCUT2D eigenvalue weighted by atomic mass is 9.85. The Kier molecular flexibility index (Phi) is 5.17. The maximum Gasteiger partial charge on any atom is 0.126 e. The number of benzene rings is 3. The van der Waals surface area contributed by atoms with Gasteiger partial charge in [-0.25, -0.2) is 0 Å². The summed E-state index contributed by atoms with van der Waals surface area (Å²) in [7, 11) is 3.37. The maximum absolute atomic E-state index is 5.55. The zero-order valence-electron chi connectivity index (χ0n) is 14.0. The van der Waals surface area contributed by atoms with Gasteiger partial charge in [0.25, 0.3) is 0 Å². The average Bonchev–Trinajstić information content (AvgIpc) is 2.67. The van der Waals surface area contributed by atoms with Gasteiger partial charge in [-0.3, -0.25) is 0 Å². The molecule has 0 spiro atoms. The van der Waals surface area contributed by atoms with Crippen LogP contribution in [0.25, 0.3) is 0 Å². The van der Waals surface area contributed by atoms with E-state index in [0.29, 0.717) is 0 Å². The van der Waals surface area contributed by atoms with Gasteiger partial charge < -0.3 is 9.47 Å². The van der Waals surface area contributed by atoms with E-state index in [9.17, 15) is 0 Å². The molecule has 3 aromatic carbocycles.